The molecule has 5 amide bonds. The van der Waals surface area contributed by atoms with Crippen LogP contribution in [-0.2, 0) is 31.8 Å². The summed E-state index contributed by atoms with van der Waals surface area (Å²) in [5, 5.41) is 4.91. The van der Waals surface area contributed by atoms with Gasteiger partial charge in [-0.2, -0.15) is 13.2 Å². The number of hydrogen-bond acceptors (Lipinski definition) is 12. The van der Waals surface area contributed by atoms with E-state index in [9.17, 15) is 37.1 Å². The molecule has 8 rings (SSSR count). The summed E-state index contributed by atoms with van der Waals surface area (Å²) in [6.07, 6.45) is -4.47. The van der Waals surface area contributed by atoms with Crippen LogP contribution in [0.3, 0.4) is 0 Å². The SMILES string of the molecule is COc1cccc(-n2c(NC(=O)c3cccc(C(F)(F)F)c3)nc3cc(CN4CCN(CCOCCOCCOc5ccc6c(c5)C(=O)N(C5CCC(=O)NC5=O)C6=O)CC4)ccc32)c1. The number of nitrogens with one attached hydrogen (secondary N) is 2. The van der Waals surface area contributed by atoms with Gasteiger partial charge in [-0.1, -0.05) is 18.2 Å². The van der Waals surface area contributed by atoms with Gasteiger partial charge in [-0.15, -0.1) is 0 Å². The van der Waals surface area contributed by atoms with Gasteiger partial charge in [-0.05, 0) is 72.6 Å². The maximum absolute atomic E-state index is 13.4. The minimum absolute atomic E-state index is 0.0456. The Labute approximate surface area is 371 Å². The average Bonchev–Trinajstić information content (AvgIpc) is 3.77. The molecule has 0 saturated carbocycles. The zero-order chi connectivity index (χ0) is 45.7. The molecule has 340 valence electrons. The van der Waals surface area contributed by atoms with Crippen LogP contribution in [0.2, 0.25) is 0 Å². The Kier molecular flexibility index (Phi) is 13.5. The maximum Gasteiger partial charge on any atom is 0.416 e. The largest absolute Gasteiger partial charge is 0.497 e. The number of halogens is 3. The molecule has 5 aromatic rings. The van der Waals surface area contributed by atoms with E-state index in [4.69, 9.17) is 23.9 Å². The van der Waals surface area contributed by atoms with Gasteiger partial charge in [0.25, 0.3) is 17.7 Å². The second-order valence-electron chi connectivity index (χ2n) is 15.7. The van der Waals surface area contributed by atoms with Gasteiger partial charge in [-0.3, -0.25) is 53.9 Å². The number of methoxy groups -OCH3 is 1. The molecular formula is C46H46F3N7O9. The van der Waals surface area contributed by atoms with Crippen LogP contribution >= 0.6 is 0 Å². The van der Waals surface area contributed by atoms with Crippen LogP contribution in [-0.4, -0.2) is 133 Å². The van der Waals surface area contributed by atoms with E-state index in [1.807, 2.05) is 24.3 Å². The number of amides is 5. The van der Waals surface area contributed by atoms with E-state index >= 15 is 0 Å². The van der Waals surface area contributed by atoms with Crippen molar-refractivity contribution in [1.29, 1.82) is 0 Å². The molecule has 3 aliphatic rings. The summed E-state index contributed by atoms with van der Waals surface area (Å²) >= 11 is 0. The predicted octanol–water partition coefficient (Wildman–Crippen LogP) is 4.94. The third-order valence-electron chi connectivity index (χ3n) is 11.4. The van der Waals surface area contributed by atoms with Gasteiger partial charge < -0.3 is 18.9 Å². The number of anilines is 1. The summed E-state index contributed by atoms with van der Waals surface area (Å²) < 4.78 is 64.6. The summed E-state index contributed by atoms with van der Waals surface area (Å²) in [5.74, 6) is -1.90. The average molecular weight is 898 g/mol. The van der Waals surface area contributed by atoms with Crippen molar-refractivity contribution in [3.05, 3.63) is 113 Å². The third-order valence-corrected chi connectivity index (χ3v) is 11.4. The van der Waals surface area contributed by atoms with E-state index < -0.39 is 47.3 Å². The van der Waals surface area contributed by atoms with Crippen molar-refractivity contribution in [3.8, 4) is 17.2 Å². The number of rotatable bonds is 17. The summed E-state index contributed by atoms with van der Waals surface area (Å²) in [6.45, 7) is 6.60. The van der Waals surface area contributed by atoms with Gasteiger partial charge in [0.1, 0.15) is 24.1 Å². The van der Waals surface area contributed by atoms with E-state index in [2.05, 4.69) is 20.4 Å². The number of piperazine rings is 1. The number of carbonyl (C=O) groups excluding carboxylic acids is 5. The van der Waals surface area contributed by atoms with Crippen LogP contribution in [0, 0.1) is 0 Å². The molecule has 0 aliphatic carbocycles. The molecule has 2 fully saturated rings. The van der Waals surface area contributed by atoms with Crippen LogP contribution in [0.15, 0.2) is 84.9 Å². The lowest BCUT2D eigenvalue weighted by atomic mass is 10.0. The second-order valence-corrected chi connectivity index (χ2v) is 15.7. The molecule has 65 heavy (non-hydrogen) atoms. The molecule has 1 unspecified atom stereocenters. The molecule has 4 aromatic carbocycles. The minimum Gasteiger partial charge on any atom is -0.497 e. The van der Waals surface area contributed by atoms with Crippen LogP contribution in [0.25, 0.3) is 16.7 Å². The van der Waals surface area contributed by atoms with E-state index in [0.717, 1.165) is 55.3 Å². The number of benzene rings is 4. The first kappa shape index (κ1) is 44.9. The zero-order valence-corrected chi connectivity index (χ0v) is 35.4. The fraction of sp³-hybridized carbons (Fsp3) is 0.348. The highest BCUT2D eigenvalue weighted by Gasteiger charge is 2.44. The van der Waals surface area contributed by atoms with Gasteiger partial charge in [0.15, 0.2) is 0 Å². The van der Waals surface area contributed by atoms with Crippen molar-refractivity contribution < 1.29 is 56.1 Å². The zero-order valence-electron chi connectivity index (χ0n) is 35.4. The summed E-state index contributed by atoms with van der Waals surface area (Å²) in [6, 6.07) is 20.8. The fourth-order valence-electron chi connectivity index (χ4n) is 8.03. The Morgan fingerprint density at radius 2 is 1.54 bits per heavy atom. The number of ether oxygens (including phenoxy) is 4. The molecule has 19 heteroatoms. The van der Waals surface area contributed by atoms with Crippen molar-refractivity contribution in [2.45, 2.75) is 31.6 Å². The fourth-order valence-corrected chi connectivity index (χ4v) is 8.03. The minimum atomic E-state index is -4.60. The lowest BCUT2D eigenvalue weighted by Gasteiger charge is -2.34. The summed E-state index contributed by atoms with van der Waals surface area (Å²) in [5.41, 5.74) is 2.21. The van der Waals surface area contributed by atoms with Crippen molar-refractivity contribution in [2.75, 3.05) is 78.2 Å². The molecule has 1 atom stereocenters. The third kappa shape index (κ3) is 10.3. The summed E-state index contributed by atoms with van der Waals surface area (Å²) in [4.78, 5) is 73.4. The standard InChI is InChI=1S/C46H46F3N7O9/c1-62-33-7-3-6-32(26-33)55-38-11-8-29(24-37(38)50-45(55)52-41(58)30-4-2-5-31(25-30)46(47,48)49)28-54-16-14-53(15-17-54)18-19-63-20-21-64-22-23-65-34-9-10-35-36(27-34)44(61)56(43(35)60)39-12-13-40(57)51-42(39)59/h2-11,24-27,39H,12-23,28H2,1H3,(H,50,52,58)(H,51,57,59). The Bertz CT molecular complexity index is 2610. The first-order chi connectivity index (χ1) is 31.4. The molecule has 0 spiro atoms. The Balaban J connectivity index is 0.762. The molecule has 1 aromatic heterocycles. The number of carbonyl (C=O) groups is 5. The number of aromatic nitrogens is 2. The first-order valence-corrected chi connectivity index (χ1v) is 21.1. The lowest BCUT2D eigenvalue weighted by Crippen LogP contribution is -2.54. The summed E-state index contributed by atoms with van der Waals surface area (Å²) in [7, 11) is 1.54. The number of piperidine rings is 1. The Hall–Kier alpha value is -6.67. The van der Waals surface area contributed by atoms with Gasteiger partial charge >= 0.3 is 6.18 Å². The maximum atomic E-state index is 13.4. The number of nitrogens with zero attached hydrogens (tertiary/aromatic N) is 5. The van der Waals surface area contributed by atoms with Crippen molar-refractivity contribution in [1.82, 2.24) is 29.6 Å². The second kappa shape index (κ2) is 19.6. The molecule has 2 N–H and O–H groups in total. The Morgan fingerprint density at radius 1 is 0.800 bits per heavy atom. The highest BCUT2D eigenvalue weighted by Crippen LogP contribution is 2.33. The number of imide groups is 2. The van der Waals surface area contributed by atoms with Crippen molar-refractivity contribution in [2.24, 2.45) is 0 Å². The molecule has 2 saturated heterocycles. The van der Waals surface area contributed by atoms with Crippen LogP contribution in [0.5, 0.6) is 11.5 Å². The van der Waals surface area contributed by atoms with E-state index in [1.54, 1.807) is 35.9 Å². The van der Waals surface area contributed by atoms with Crippen LogP contribution in [0.1, 0.15) is 55.0 Å². The van der Waals surface area contributed by atoms with E-state index in [-0.39, 0.29) is 48.7 Å². The quantitative estimate of drug-likeness (QED) is 0.0953. The van der Waals surface area contributed by atoms with Crippen LogP contribution in [0.4, 0.5) is 19.1 Å². The number of fused-ring (bicyclic) bond motifs is 2. The first-order valence-electron chi connectivity index (χ1n) is 21.1. The van der Waals surface area contributed by atoms with Gasteiger partial charge in [0.2, 0.25) is 17.8 Å². The van der Waals surface area contributed by atoms with Gasteiger partial charge in [-0.25, -0.2) is 4.98 Å². The molecule has 16 nitrogen and oxygen atoms in total. The Morgan fingerprint density at radius 3 is 2.31 bits per heavy atom. The highest BCUT2D eigenvalue weighted by molar-refractivity contribution is 6.23. The van der Waals surface area contributed by atoms with Crippen molar-refractivity contribution >= 4 is 46.5 Å². The topological polar surface area (TPSA) is 174 Å². The number of imidazole rings is 1. The molecule has 0 radical (unpaired) electrons. The molecule has 3 aliphatic heterocycles. The van der Waals surface area contributed by atoms with Crippen LogP contribution < -0.4 is 20.1 Å². The van der Waals surface area contributed by atoms with Crippen molar-refractivity contribution in [3.63, 3.8) is 0 Å². The lowest BCUT2D eigenvalue weighted by molar-refractivity contribution is -0.138. The highest BCUT2D eigenvalue weighted by atomic mass is 19.4. The number of alkyl halides is 3. The monoisotopic (exact) mass is 897 g/mol. The number of hydrogen-bond donors (Lipinski definition) is 2. The van der Waals surface area contributed by atoms with E-state index in [0.29, 0.717) is 54.6 Å². The molecule has 4 heterocycles. The smallest absolute Gasteiger partial charge is 0.416 e. The van der Waals surface area contributed by atoms with E-state index in [1.165, 1.54) is 24.3 Å². The predicted molar refractivity (Wildman–Crippen MR) is 229 cm³/mol. The van der Waals surface area contributed by atoms with Gasteiger partial charge in [0, 0.05) is 57.3 Å². The normalized spacial score (nSPS) is 17.1. The molecule has 0 bridgehead atoms. The van der Waals surface area contributed by atoms with Gasteiger partial charge in [0.05, 0.1) is 66.9 Å². The molecular weight excluding hydrogens is 852 g/mol.